The second-order valence-electron chi connectivity index (χ2n) is 3.53. The Morgan fingerprint density at radius 3 is 2.67 bits per heavy atom. The minimum Gasteiger partial charge on any atom is -0.317 e. The molecule has 0 aliphatic carbocycles. The average Bonchev–Trinajstić information content (AvgIpc) is 2.14. The molecule has 1 rings (SSSR count). The molecule has 0 spiro atoms. The van der Waals surface area contributed by atoms with Crippen LogP contribution in [0.2, 0.25) is 0 Å². The van der Waals surface area contributed by atoms with Gasteiger partial charge in [-0.05, 0) is 38.1 Å². The first-order chi connectivity index (χ1) is 5.93. The molecule has 0 saturated carbocycles. The lowest BCUT2D eigenvalue weighted by molar-refractivity contribution is 0.531. The van der Waals surface area contributed by atoms with E-state index < -0.39 is 0 Å². The minimum absolute atomic E-state index is 0.961. The van der Waals surface area contributed by atoms with Crippen LogP contribution in [-0.2, 0) is 0 Å². The summed E-state index contributed by atoms with van der Waals surface area (Å²) in [6.07, 6.45) is 6.96. The van der Waals surface area contributed by atoms with Gasteiger partial charge in [0.1, 0.15) is 0 Å². The summed E-state index contributed by atoms with van der Waals surface area (Å²) in [5.74, 6) is 1.39. The Morgan fingerprint density at radius 1 is 1.25 bits per heavy atom. The van der Waals surface area contributed by atoms with Gasteiger partial charge in [-0.2, -0.15) is 11.8 Å². The van der Waals surface area contributed by atoms with Gasteiger partial charge in [-0.25, -0.2) is 0 Å². The van der Waals surface area contributed by atoms with Crippen molar-refractivity contribution in [2.45, 2.75) is 44.3 Å². The average molecular weight is 187 g/mol. The summed E-state index contributed by atoms with van der Waals surface area (Å²) in [6.45, 7) is 4.76. The van der Waals surface area contributed by atoms with Crippen molar-refractivity contribution < 1.29 is 0 Å². The fraction of sp³-hybridized carbons (Fsp3) is 1.00. The molecule has 1 N–H and O–H groups in total. The first kappa shape index (κ1) is 10.4. The highest BCUT2D eigenvalue weighted by molar-refractivity contribution is 7.99. The molecule has 1 heterocycles. The summed E-state index contributed by atoms with van der Waals surface area (Å²) in [5.41, 5.74) is 0. The Kier molecular flexibility index (Phi) is 5.88. The molecule has 72 valence electrons. The summed E-state index contributed by atoms with van der Waals surface area (Å²) in [7, 11) is 0. The molecule has 1 fully saturated rings. The van der Waals surface area contributed by atoms with Gasteiger partial charge in [0.2, 0.25) is 0 Å². The summed E-state index contributed by atoms with van der Waals surface area (Å²) in [4.78, 5) is 0. The largest absolute Gasteiger partial charge is 0.317 e. The van der Waals surface area contributed by atoms with Crippen LogP contribution >= 0.6 is 11.8 Å². The normalized spacial score (nSPS) is 19.8. The van der Waals surface area contributed by atoms with Crippen LogP contribution in [0.25, 0.3) is 0 Å². The van der Waals surface area contributed by atoms with E-state index >= 15 is 0 Å². The van der Waals surface area contributed by atoms with Crippen LogP contribution in [0, 0.1) is 0 Å². The summed E-state index contributed by atoms with van der Waals surface area (Å²) in [6, 6.07) is 0. The Bertz CT molecular complexity index is 100. The monoisotopic (exact) mass is 187 g/mol. The molecule has 0 aromatic rings. The van der Waals surface area contributed by atoms with Crippen molar-refractivity contribution in [1.29, 1.82) is 0 Å². The van der Waals surface area contributed by atoms with Crippen molar-refractivity contribution in [1.82, 2.24) is 5.32 Å². The Hall–Kier alpha value is 0.310. The molecule has 1 nitrogen and oxygen atoms in total. The topological polar surface area (TPSA) is 12.0 Å². The molecule has 12 heavy (non-hydrogen) atoms. The summed E-state index contributed by atoms with van der Waals surface area (Å²) in [5, 5.41) is 4.36. The molecule has 0 amide bonds. The molecule has 1 aliphatic heterocycles. The molecule has 0 aromatic carbocycles. The smallest absolute Gasteiger partial charge is 0.00711 e. The number of thioether (sulfide) groups is 1. The quantitative estimate of drug-likeness (QED) is 0.664. The fourth-order valence-electron chi connectivity index (χ4n) is 1.56. The highest BCUT2D eigenvalue weighted by atomic mass is 32.2. The minimum atomic E-state index is 0.961. The number of piperidine rings is 1. The zero-order valence-corrected chi connectivity index (χ0v) is 8.96. The number of nitrogens with one attached hydrogen (secondary N) is 1. The van der Waals surface area contributed by atoms with Gasteiger partial charge >= 0.3 is 0 Å². The standard InChI is InChI=1S/C10H21NS/c1-2-3-4-9-12-10-5-7-11-8-6-10/h10-11H,2-9H2,1H3. The van der Waals surface area contributed by atoms with Crippen LogP contribution in [-0.4, -0.2) is 24.1 Å². The molecule has 1 aliphatic rings. The van der Waals surface area contributed by atoms with E-state index in [1.54, 1.807) is 0 Å². The Morgan fingerprint density at radius 2 is 2.00 bits per heavy atom. The molecule has 0 unspecified atom stereocenters. The van der Waals surface area contributed by atoms with E-state index in [2.05, 4.69) is 24.0 Å². The molecule has 1 saturated heterocycles. The summed E-state index contributed by atoms with van der Waals surface area (Å²) < 4.78 is 0. The van der Waals surface area contributed by atoms with E-state index in [1.807, 2.05) is 0 Å². The van der Waals surface area contributed by atoms with Crippen LogP contribution in [0.5, 0.6) is 0 Å². The third-order valence-electron chi connectivity index (χ3n) is 2.39. The molecule has 0 radical (unpaired) electrons. The van der Waals surface area contributed by atoms with Crippen molar-refractivity contribution in [2.75, 3.05) is 18.8 Å². The maximum Gasteiger partial charge on any atom is 0.00711 e. The SMILES string of the molecule is CCCCCSC1CCNCC1. The number of hydrogen-bond donors (Lipinski definition) is 1. The van der Waals surface area contributed by atoms with E-state index in [9.17, 15) is 0 Å². The number of unbranched alkanes of at least 4 members (excludes halogenated alkanes) is 2. The van der Waals surface area contributed by atoms with Crippen LogP contribution in [0.4, 0.5) is 0 Å². The molecule has 0 atom stereocenters. The zero-order valence-electron chi connectivity index (χ0n) is 8.14. The lowest BCUT2D eigenvalue weighted by Gasteiger charge is -2.21. The molecule has 0 aromatic heterocycles. The van der Waals surface area contributed by atoms with E-state index in [0.717, 1.165) is 5.25 Å². The zero-order chi connectivity index (χ0) is 8.65. The van der Waals surface area contributed by atoms with Crippen LogP contribution in [0.1, 0.15) is 39.0 Å². The molecule has 0 bridgehead atoms. The van der Waals surface area contributed by atoms with Crippen molar-refractivity contribution in [3.8, 4) is 0 Å². The second-order valence-corrected chi connectivity index (χ2v) is 4.94. The van der Waals surface area contributed by atoms with Gasteiger partial charge in [-0.1, -0.05) is 19.8 Å². The predicted molar refractivity (Wildman–Crippen MR) is 57.9 cm³/mol. The van der Waals surface area contributed by atoms with Gasteiger partial charge in [0.05, 0.1) is 0 Å². The van der Waals surface area contributed by atoms with E-state index in [0.29, 0.717) is 0 Å². The first-order valence-electron chi connectivity index (χ1n) is 5.26. The van der Waals surface area contributed by atoms with E-state index in [1.165, 1.54) is 50.9 Å². The fourth-order valence-corrected chi connectivity index (χ4v) is 2.84. The Balaban J connectivity index is 1.91. The second kappa shape index (κ2) is 6.79. The summed E-state index contributed by atoms with van der Waals surface area (Å²) >= 11 is 2.20. The molecule has 2 heteroatoms. The highest BCUT2D eigenvalue weighted by Gasteiger charge is 2.11. The highest BCUT2D eigenvalue weighted by Crippen LogP contribution is 2.21. The van der Waals surface area contributed by atoms with Crippen LogP contribution in [0.15, 0.2) is 0 Å². The van der Waals surface area contributed by atoms with Gasteiger partial charge in [-0.3, -0.25) is 0 Å². The first-order valence-corrected chi connectivity index (χ1v) is 6.30. The van der Waals surface area contributed by atoms with Gasteiger partial charge in [0.25, 0.3) is 0 Å². The predicted octanol–water partition coefficient (Wildman–Crippen LogP) is 2.66. The molecular formula is C10H21NS. The van der Waals surface area contributed by atoms with Gasteiger partial charge in [0.15, 0.2) is 0 Å². The van der Waals surface area contributed by atoms with E-state index in [-0.39, 0.29) is 0 Å². The third-order valence-corrected chi connectivity index (χ3v) is 3.85. The van der Waals surface area contributed by atoms with Crippen molar-refractivity contribution >= 4 is 11.8 Å². The van der Waals surface area contributed by atoms with Gasteiger partial charge < -0.3 is 5.32 Å². The maximum absolute atomic E-state index is 3.40. The van der Waals surface area contributed by atoms with Crippen molar-refractivity contribution in [2.24, 2.45) is 0 Å². The lowest BCUT2D eigenvalue weighted by atomic mass is 10.2. The number of rotatable bonds is 5. The van der Waals surface area contributed by atoms with Gasteiger partial charge in [-0.15, -0.1) is 0 Å². The van der Waals surface area contributed by atoms with Crippen molar-refractivity contribution in [3.05, 3.63) is 0 Å². The number of hydrogen-bond acceptors (Lipinski definition) is 2. The van der Waals surface area contributed by atoms with E-state index in [4.69, 9.17) is 0 Å². The van der Waals surface area contributed by atoms with Gasteiger partial charge in [0, 0.05) is 5.25 Å². The third kappa shape index (κ3) is 4.36. The molecular weight excluding hydrogens is 166 g/mol. The maximum atomic E-state index is 3.40. The van der Waals surface area contributed by atoms with Crippen LogP contribution < -0.4 is 5.32 Å². The van der Waals surface area contributed by atoms with Crippen molar-refractivity contribution in [3.63, 3.8) is 0 Å². The lowest BCUT2D eigenvalue weighted by Crippen LogP contribution is -2.29. The Labute approximate surface area is 80.7 Å². The van der Waals surface area contributed by atoms with Crippen LogP contribution in [0.3, 0.4) is 0 Å².